The Bertz CT molecular complexity index is 1160. The average Bonchev–Trinajstić information content (AvgIpc) is 3.21. The van der Waals surface area contributed by atoms with Crippen LogP contribution in [0.15, 0.2) is 59.9 Å². The van der Waals surface area contributed by atoms with Crippen molar-refractivity contribution in [1.29, 1.82) is 0 Å². The Morgan fingerprint density at radius 1 is 1.22 bits per heavy atom. The van der Waals surface area contributed by atoms with Crippen molar-refractivity contribution in [1.82, 2.24) is 4.90 Å². The summed E-state index contributed by atoms with van der Waals surface area (Å²) in [7, 11) is 0. The van der Waals surface area contributed by atoms with Gasteiger partial charge in [-0.05, 0) is 53.5 Å². The lowest BCUT2D eigenvalue weighted by molar-refractivity contribution is -0.116. The normalized spacial score (nSPS) is 23.2. The zero-order valence-corrected chi connectivity index (χ0v) is 17.1. The monoisotopic (exact) mass is 440 g/mol. The summed E-state index contributed by atoms with van der Waals surface area (Å²) in [6, 6.07) is 9.18. The van der Waals surface area contributed by atoms with Crippen LogP contribution in [0.5, 0.6) is 5.75 Å². The van der Waals surface area contributed by atoms with Crippen LogP contribution in [-0.2, 0) is 11.2 Å². The summed E-state index contributed by atoms with van der Waals surface area (Å²) in [5, 5.41) is 24.5. The zero-order valence-electron chi connectivity index (χ0n) is 17.1. The second kappa shape index (κ2) is 7.81. The number of anilines is 1. The molecule has 0 spiro atoms. The number of benzene rings is 2. The maximum atomic E-state index is 13.9. The van der Waals surface area contributed by atoms with Crippen LogP contribution in [0.3, 0.4) is 0 Å². The fourth-order valence-electron chi connectivity index (χ4n) is 4.47. The predicted octanol–water partition coefficient (Wildman–Crippen LogP) is 2.83. The van der Waals surface area contributed by atoms with Gasteiger partial charge in [0.2, 0.25) is 11.7 Å². The molecule has 2 aromatic carbocycles. The quantitative estimate of drug-likeness (QED) is 0.666. The van der Waals surface area contributed by atoms with E-state index >= 15 is 0 Å². The first-order valence-electron chi connectivity index (χ1n) is 10.4. The van der Waals surface area contributed by atoms with E-state index < -0.39 is 23.3 Å². The number of aliphatic hydroxyl groups is 2. The van der Waals surface area contributed by atoms with Crippen molar-refractivity contribution in [3.8, 4) is 5.75 Å². The first-order valence-corrected chi connectivity index (χ1v) is 10.4. The van der Waals surface area contributed by atoms with E-state index in [4.69, 9.17) is 4.74 Å². The number of nitrogens with one attached hydrogen (secondary N) is 1. The summed E-state index contributed by atoms with van der Waals surface area (Å²) in [5.41, 5.74) is 1.91. The highest BCUT2D eigenvalue weighted by Crippen LogP contribution is 2.37. The van der Waals surface area contributed by atoms with Crippen LogP contribution in [-0.4, -0.2) is 46.3 Å². The minimum Gasteiger partial charge on any atom is -0.454 e. The third kappa shape index (κ3) is 3.81. The van der Waals surface area contributed by atoms with Gasteiger partial charge in [-0.2, -0.15) is 4.39 Å². The third-order valence-corrected chi connectivity index (χ3v) is 6.10. The first-order chi connectivity index (χ1) is 15.3. The van der Waals surface area contributed by atoms with Crippen molar-refractivity contribution in [3.63, 3.8) is 0 Å². The molecule has 2 heterocycles. The van der Waals surface area contributed by atoms with E-state index in [-0.39, 0.29) is 24.0 Å². The van der Waals surface area contributed by atoms with Gasteiger partial charge < -0.3 is 20.3 Å². The molecule has 6 nitrogen and oxygen atoms in total. The number of rotatable bonds is 5. The van der Waals surface area contributed by atoms with Crippen LogP contribution in [0.1, 0.15) is 23.7 Å². The number of aliphatic hydroxyl groups excluding tert-OH is 1. The van der Waals surface area contributed by atoms with Crippen molar-refractivity contribution in [2.24, 2.45) is 0 Å². The first kappa shape index (κ1) is 20.8. The summed E-state index contributed by atoms with van der Waals surface area (Å²) >= 11 is 0. The van der Waals surface area contributed by atoms with E-state index in [1.807, 2.05) is 11.0 Å². The third-order valence-electron chi connectivity index (χ3n) is 6.10. The fourth-order valence-corrected chi connectivity index (χ4v) is 4.47. The lowest BCUT2D eigenvalue weighted by atomic mass is 9.98. The van der Waals surface area contributed by atoms with Crippen molar-refractivity contribution < 1.29 is 28.5 Å². The van der Waals surface area contributed by atoms with E-state index in [9.17, 15) is 23.8 Å². The number of carbonyl (C=O) groups excluding carboxylic acids is 1. The molecule has 0 bridgehead atoms. The van der Waals surface area contributed by atoms with Crippen LogP contribution >= 0.6 is 0 Å². The Labute approximate surface area is 183 Å². The van der Waals surface area contributed by atoms with E-state index in [1.165, 1.54) is 18.2 Å². The molecule has 2 aromatic rings. The summed E-state index contributed by atoms with van der Waals surface area (Å²) in [6.07, 6.45) is 3.41. The molecule has 1 saturated heterocycles. The highest BCUT2D eigenvalue weighted by Gasteiger charge is 2.43. The number of hydrogen-bond acceptors (Lipinski definition) is 5. The summed E-state index contributed by atoms with van der Waals surface area (Å²) < 4.78 is 32.7. The zero-order chi connectivity index (χ0) is 22.5. The van der Waals surface area contributed by atoms with Crippen molar-refractivity contribution in [2.45, 2.75) is 24.5 Å². The molecule has 0 radical (unpaired) electrons. The molecule has 5 rings (SSSR count). The smallest absolute Gasteiger partial charge is 0.224 e. The average molecular weight is 440 g/mol. The minimum atomic E-state index is -1.28. The molecule has 2 atom stereocenters. The number of aryl methyl sites for hydroxylation is 1. The largest absolute Gasteiger partial charge is 0.454 e. The van der Waals surface area contributed by atoms with Crippen LogP contribution in [0, 0.1) is 11.6 Å². The summed E-state index contributed by atoms with van der Waals surface area (Å²) in [6.45, 7) is 0.965. The van der Waals surface area contributed by atoms with Crippen LogP contribution in [0.25, 0.3) is 0 Å². The van der Waals surface area contributed by atoms with Gasteiger partial charge >= 0.3 is 0 Å². The lowest BCUT2D eigenvalue weighted by Crippen LogP contribution is -2.33. The Kier molecular flexibility index (Phi) is 5.08. The lowest BCUT2D eigenvalue weighted by Gasteiger charge is -2.23. The Hall–Kier alpha value is -3.07. The van der Waals surface area contributed by atoms with Crippen LogP contribution in [0.2, 0.25) is 0 Å². The number of hydrogen-bond donors (Lipinski definition) is 3. The van der Waals surface area contributed by atoms with Crippen LogP contribution < -0.4 is 10.1 Å². The topological polar surface area (TPSA) is 82.0 Å². The molecule has 1 amide bonds. The maximum Gasteiger partial charge on any atom is 0.224 e. The number of allylic oxidation sites excluding steroid dienone is 1. The molecule has 0 unspecified atom stereocenters. The molecule has 32 heavy (non-hydrogen) atoms. The number of amides is 1. The van der Waals surface area contributed by atoms with Gasteiger partial charge in [-0.1, -0.05) is 18.2 Å². The van der Waals surface area contributed by atoms with Crippen LogP contribution in [0.4, 0.5) is 14.5 Å². The maximum absolute atomic E-state index is 13.9. The van der Waals surface area contributed by atoms with Gasteiger partial charge in [-0.25, -0.2) is 4.39 Å². The molecule has 0 aromatic heterocycles. The molecule has 2 aliphatic heterocycles. The number of β-amino-alcohol motifs (C(OH)–C–C–N with tert-alkyl or cyclic N) is 2. The number of fused-ring (bicyclic) bond motifs is 2. The molecule has 166 valence electrons. The number of nitrogens with zero attached hydrogens (tertiary/aromatic N) is 1. The molecule has 0 saturated carbocycles. The fraction of sp³-hybridized carbons (Fsp3) is 0.292. The van der Waals surface area contributed by atoms with E-state index in [2.05, 4.69) is 5.32 Å². The van der Waals surface area contributed by atoms with Gasteiger partial charge in [-0.3, -0.25) is 9.69 Å². The second-order valence-electron chi connectivity index (χ2n) is 8.44. The van der Waals surface area contributed by atoms with E-state index in [1.54, 1.807) is 18.2 Å². The number of likely N-dealkylation sites (tertiary alicyclic amines) is 1. The Morgan fingerprint density at radius 3 is 2.88 bits per heavy atom. The predicted molar refractivity (Wildman–Crippen MR) is 113 cm³/mol. The van der Waals surface area contributed by atoms with Gasteiger partial charge in [0.25, 0.3) is 0 Å². The molecule has 8 heteroatoms. The van der Waals surface area contributed by atoms with E-state index in [0.29, 0.717) is 31.5 Å². The molecule has 3 aliphatic rings. The standard InChI is InChI=1S/C24H22F2N2O4/c25-18-2-1-3-21(23(18)26)32-17-9-16-11-28(13-24(16,31)10-17)12-20(29)15-4-6-19-14(8-15)5-7-22(30)27-19/h1-4,6,8-10,20,29,31H,5,7,11-13H2,(H,27,30)/t20-,24+/m1/s1. The van der Waals surface area contributed by atoms with Gasteiger partial charge in [0, 0.05) is 31.7 Å². The van der Waals surface area contributed by atoms with Crippen molar-refractivity contribution in [2.75, 3.05) is 25.0 Å². The minimum absolute atomic E-state index is 0.00698. The SMILES string of the molecule is O=C1CCc2cc([C@H](O)CN3CC4=CC(Oc5cccc(F)c5F)=C[C@]4(O)C3)ccc2N1. The Morgan fingerprint density at radius 2 is 2.06 bits per heavy atom. The second-order valence-corrected chi connectivity index (χ2v) is 8.44. The molecule has 3 N–H and O–H groups in total. The van der Waals surface area contributed by atoms with E-state index in [0.717, 1.165) is 22.9 Å². The molecule has 1 aliphatic carbocycles. The van der Waals surface area contributed by atoms with Crippen molar-refractivity contribution >= 4 is 11.6 Å². The molecule has 1 fully saturated rings. The molecular weight excluding hydrogens is 418 g/mol. The van der Waals surface area contributed by atoms with Gasteiger partial charge in [-0.15, -0.1) is 0 Å². The highest BCUT2D eigenvalue weighted by atomic mass is 19.2. The van der Waals surface area contributed by atoms with Gasteiger partial charge in [0.05, 0.1) is 6.10 Å². The molecular formula is C24H22F2N2O4. The van der Waals surface area contributed by atoms with Gasteiger partial charge in [0.15, 0.2) is 11.6 Å². The number of ether oxygens (including phenoxy) is 1. The van der Waals surface area contributed by atoms with Gasteiger partial charge in [0.1, 0.15) is 11.4 Å². The highest BCUT2D eigenvalue weighted by molar-refractivity contribution is 5.93. The summed E-state index contributed by atoms with van der Waals surface area (Å²) in [5.74, 6) is -2.08. The summed E-state index contributed by atoms with van der Waals surface area (Å²) in [4.78, 5) is 13.4. The number of halogens is 2. The Balaban J connectivity index is 1.24. The van der Waals surface area contributed by atoms with Crippen molar-refractivity contribution in [3.05, 3.63) is 82.6 Å². The number of carbonyl (C=O) groups is 1.